The van der Waals surface area contributed by atoms with Crippen LogP contribution < -0.4 is 10.6 Å². The van der Waals surface area contributed by atoms with Gasteiger partial charge in [0, 0.05) is 24.0 Å². The average Bonchev–Trinajstić information content (AvgIpc) is 2.92. The Kier molecular flexibility index (Phi) is 7.26. The summed E-state index contributed by atoms with van der Waals surface area (Å²) in [6.45, 7) is 11.8. The minimum atomic E-state index is -0.411. The SMILES string of the molecule is Cc1[nH]c(C(=O)NCC(Nc2ccccc2)C(C)C)c(C)c1C(=O)OC(C)C. The zero-order valence-electron chi connectivity index (χ0n) is 17.6. The van der Waals surface area contributed by atoms with E-state index in [1.807, 2.05) is 30.3 Å². The van der Waals surface area contributed by atoms with Crippen molar-refractivity contribution in [2.24, 2.45) is 5.92 Å². The predicted octanol–water partition coefficient (Wildman–Crippen LogP) is 4.06. The van der Waals surface area contributed by atoms with Crippen molar-refractivity contribution >= 4 is 17.6 Å². The number of H-pyrrole nitrogens is 1. The molecule has 6 nitrogen and oxygen atoms in total. The second kappa shape index (κ2) is 9.44. The maximum atomic E-state index is 12.7. The minimum Gasteiger partial charge on any atom is -0.459 e. The van der Waals surface area contributed by atoms with Gasteiger partial charge in [-0.1, -0.05) is 32.0 Å². The number of nitrogens with one attached hydrogen (secondary N) is 3. The van der Waals surface area contributed by atoms with E-state index in [4.69, 9.17) is 4.74 Å². The second-order valence-electron chi connectivity index (χ2n) is 7.65. The van der Waals surface area contributed by atoms with Crippen LogP contribution in [0, 0.1) is 19.8 Å². The molecule has 0 aliphatic carbocycles. The molecule has 1 heterocycles. The first-order chi connectivity index (χ1) is 13.2. The summed E-state index contributed by atoms with van der Waals surface area (Å²) in [5, 5.41) is 6.43. The lowest BCUT2D eigenvalue weighted by atomic mass is 10.0. The van der Waals surface area contributed by atoms with Gasteiger partial charge in [0.05, 0.1) is 11.7 Å². The average molecular weight is 386 g/mol. The van der Waals surface area contributed by atoms with E-state index in [2.05, 4.69) is 29.5 Å². The number of carbonyl (C=O) groups excluding carboxylic acids is 2. The highest BCUT2D eigenvalue weighted by Crippen LogP contribution is 2.20. The van der Waals surface area contributed by atoms with Gasteiger partial charge in [-0.3, -0.25) is 4.79 Å². The molecule has 0 bridgehead atoms. The summed E-state index contributed by atoms with van der Waals surface area (Å²) >= 11 is 0. The molecule has 0 aliphatic heterocycles. The van der Waals surface area contributed by atoms with Gasteiger partial charge >= 0.3 is 5.97 Å². The molecule has 0 radical (unpaired) electrons. The van der Waals surface area contributed by atoms with Crippen LogP contribution in [0.3, 0.4) is 0 Å². The normalized spacial score (nSPS) is 12.1. The number of amides is 1. The molecule has 152 valence electrons. The van der Waals surface area contributed by atoms with Gasteiger partial charge in [-0.2, -0.15) is 0 Å². The summed E-state index contributed by atoms with van der Waals surface area (Å²) in [6, 6.07) is 10.00. The van der Waals surface area contributed by atoms with Gasteiger partial charge in [-0.25, -0.2) is 4.79 Å². The molecule has 1 amide bonds. The van der Waals surface area contributed by atoms with Gasteiger partial charge in [0.25, 0.3) is 5.91 Å². The van der Waals surface area contributed by atoms with Gasteiger partial charge < -0.3 is 20.4 Å². The number of aromatic amines is 1. The smallest absolute Gasteiger partial charge is 0.340 e. The number of hydrogen-bond acceptors (Lipinski definition) is 4. The van der Waals surface area contributed by atoms with Gasteiger partial charge in [0.15, 0.2) is 0 Å². The zero-order chi connectivity index (χ0) is 20.8. The lowest BCUT2D eigenvalue weighted by Gasteiger charge is -2.24. The van der Waals surface area contributed by atoms with E-state index in [1.165, 1.54) is 0 Å². The predicted molar refractivity (Wildman–Crippen MR) is 112 cm³/mol. The summed E-state index contributed by atoms with van der Waals surface area (Å²) in [6.07, 6.45) is -0.214. The summed E-state index contributed by atoms with van der Waals surface area (Å²) in [5.74, 6) is -0.320. The van der Waals surface area contributed by atoms with Crippen LogP contribution in [0.1, 0.15) is 59.8 Å². The Morgan fingerprint density at radius 1 is 1.07 bits per heavy atom. The zero-order valence-corrected chi connectivity index (χ0v) is 17.6. The van der Waals surface area contributed by atoms with Crippen molar-refractivity contribution < 1.29 is 14.3 Å². The second-order valence-corrected chi connectivity index (χ2v) is 7.65. The van der Waals surface area contributed by atoms with Crippen LogP contribution in [0.5, 0.6) is 0 Å². The Labute approximate surface area is 167 Å². The molecule has 0 aliphatic rings. The van der Waals surface area contributed by atoms with E-state index in [0.29, 0.717) is 35.0 Å². The number of aromatic nitrogens is 1. The Hall–Kier alpha value is -2.76. The van der Waals surface area contributed by atoms with Crippen LogP contribution in [0.15, 0.2) is 30.3 Å². The van der Waals surface area contributed by atoms with Gasteiger partial charge in [0.2, 0.25) is 0 Å². The van der Waals surface area contributed by atoms with Crippen molar-refractivity contribution in [1.82, 2.24) is 10.3 Å². The standard InChI is InChI=1S/C22H31N3O3/c1-13(2)18(25-17-10-8-7-9-11-17)12-23-21(26)20-15(5)19(16(6)24-20)22(27)28-14(3)4/h7-11,13-14,18,24-25H,12H2,1-6H3,(H,23,26). The number of aryl methyl sites for hydroxylation is 1. The summed E-state index contributed by atoms with van der Waals surface area (Å²) in [5.41, 5.74) is 3.09. The van der Waals surface area contributed by atoms with Crippen molar-refractivity contribution in [3.8, 4) is 0 Å². The first-order valence-corrected chi connectivity index (χ1v) is 9.70. The van der Waals surface area contributed by atoms with E-state index < -0.39 is 5.97 Å². The largest absolute Gasteiger partial charge is 0.459 e. The third-order valence-electron chi connectivity index (χ3n) is 4.62. The fourth-order valence-corrected chi connectivity index (χ4v) is 3.05. The Balaban J connectivity index is 2.08. The van der Waals surface area contributed by atoms with Crippen LogP contribution >= 0.6 is 0 Å². The van der Waals surface area contributed by atoms with Crippen molar-refractivity contribution in [2.45, 2.75) is 53.7 Å². The van der Waals surface area contributed by atoms with Crippen LogP contribution in [0.25, 0.3) is 0 Å². The molecule has 28 heavy (non-hydrogen) atoms. The third kappa shape index (κ3) is 5.38. The Morgan fingerprint density at radius 2 is 1.71 bits per heavy atom. The third-order valence-corrected chi connectivity index (χ3v) is 4.62. The van der Waals surface area contributed by atoms with E-state index in [0.717, 1.165) is 5.69 Å². The van der Waals surface area contributed by atoms with Crippen molar-refractivity contribution in [3.05, 3.63) is 52.8 Å². The fraction of sp³-hybridized carbons (Fsp3) is 0.455. The lowest BCUT2D eigenvalue weighted by Crippen LogP contribution is -2.40. The molecule has 1 unspecified atom stereocenters. The molecule has 0 saturated heterocycles. The number of esters is 1. The molecule has 1 aromatic heterocycles. The maximum Gasteiger partial charge on any atom is 0.340 e. The molecule has 0 fully saturated rings. The summed E-state index contributed by atoms with van der Waals surface area (Å²) < 4.78 is 5.29. The quantitative estimate of drug-likeness (QED) is 0.598. The van der Waals surface area contributed by atoms with Crippen LogP contribution in [-0.4, -0.2) is 35.6 Å². The number of para-hydroxylation sites is 1. The number of rotatable bonds is 8. The van der Waals surface area contributed by atoms with E-state index in [9.17, 15) is 9.59 Å². The van der Waals surface area contributed by atoms with Crippen molar-refractivity contribution in [1.29, 1.82) is 0 Å². The molecule has 6 heteroatoms. The van der Waals surface area contributed by atoms with E-state index in [-0.39, 0.29) is 18.1 Å². The van der Waals surface area contributed by atoms with Crippen LogP contribution in [0.2, 0.25) is 0 Å². The maximum absolute atomic E-state index is 12.7. The molecule has 0 saturated carbocycles. The van der Waals surface area contributed by atoms with Crippen LogP contribution in [-0.2, 0) is 4.74 Å². The monoisotopic (exact) mass is 385 g/mol. The Bertz CT molecular complexity index is 810. The number of carbonyl (C=O) groups is 2. The molecule has 3 N–H and O–H groups in total. The van der Waals surface area contributed by atoms with Crippen molar-refractivity contribution in [2.75, 3.05) is 11.9 Å². The van der Waals surface area contributed by atoms with E-state index in [1.54, 1.807) is 27.7 Å². The summed E-state index contributed by atoms with van der Waals surface area (Å²) in [4.78, 5) is 28.1. The molecular weight excluding hydrogens is 354 g/mol. The van der Waals surface area contributed by atoms with Gasteiger partial charge in [0.1, 0.15) is 5.69 Å². The number of anilines is 1. The molecule has 2 aromatic rings. The highest BCUT2D eigenvalue weighted by Gasteiger charge is 2.24. The lowest BCUT2D eigenvalue weighted by molar-refractivity contribution is 0.0376. The number of benzene rings is 1. The molecule has 2 rings (SSSR count). The molecular formula is C22H31N3O3. The molecule has 1 aromatic carbocycles. The molecule has 1 atom stereocenters. The van der Waals surface area contributed by atoms with E-state index >= 15 is 0 Å². The minimum absolute atomic E-state index is 0.0769. The van der Waals surface area contributed by atoms with Crippen LogP contribution in [0.4, 0.5) is 5.69 Å². The van der Waals surface area contributed by atoms with Gasteiger partial charge in [-0.15, -0.1) is 0 Å². The number of ether oxygens (including phenoxy) is 1. The highest BCUT2D eigenvalue weighted by molar-refractivity contribution is 6.00. The fourth-order valence-electron chi connectivity index (χ4n) is 3.05. The van der Waals surface area contributed by atoms with Gasteiger partial charge in [-0.05, 0) is 51.3 Å². The first kappa shape index (κ1) is 21.5. The molecule has 0 spiro atoms. The van der Waals surface area contributed by atoms with Crippen molar-refractivity contribution in [3.63, 3.8) is 0 Å². The first-order valence-electron chi connectivity index (χ1n) is 9.70. The summed E-state index contributed by atoms with van der Waals surface area (Å²) in [7, 11) is 0. The Morgan fingerprint density at radius 3 is 2.29 bits per heavy atom. The topological polar surface area (TPSA) is 83.2 Å². The number of hydrogen-bond donors (Lipinski definition) is 3. The highest BCUT2D eigenvalue weighted by atomic mass is 16.5.